The maximum Gasteiger partial charge on any atom is 0.227 e. The van der Waals surface area contributed by atoms with E-state index in [1.807, 2.05) is 4.90 Å². The zero-order chi connectivity index (χ0) is 14.7. The van der Waals surface area contributed by atoms with Crippen LogP contribution in [0.15, 0.2) is 28.7 Å². The molecule has 21 heavy (non-hydrogen) atoms. The van der Waals surface area contributed by atoms with Crippen LogP contribution in [0.3, 0.4) is 0 Å². The third kappa shape index (κ3) is 3.84. The zero-order valence-electron chi connectivity index (χ0n) is 12.1. The van der Waals surface area contributed by atoms with Crippen LogP contribution in [0, 0.1) is 5.92 Å². The van der Waals surface area contributed by atoms with Crippen molar-refractivity contribution in [3.63, 3.8) is 0 Å². The van der Waals surface area contributed by atoms with E-state index < -0.39 is 0 Å². The fraction of sp³-hybridized carbons (Fsp3) is 0.562. The molecule has 0 spiro atoms. The quantitative estimate of drug-likeness (QED) is 0.835. The molecular formula is C16H21BrN2O2. The van der Waals surface area contributed by atoms with Crippen LogP contribution in [0.1, 0.15) is 12.0 Å². The van der Waals surface area contributed by atoms with Gasteiger partial charge in [0, 0.05) is 30.7 Å². The first kappa shape index (κ1) is 15.0. The summed E-state index contributed by atoms with van der Waals surface area (Å²) in [6.07, 6.45) is 0.979. The predicted octanol–water partition coefficient (Wildman–Crippen LogP) is 2.13. The van der Waals surface area contributed by atoms with Crippen molar-refractivity contribution < 1.29 is 9.53 Å². The van der Waals surface area contributed by atoms with E-state index in [-0.39, 0.29) is 5.92 Å². The molecule has 3 rings (SSSR count). The van der Waals surface area contributed by atoms with Gasteiger partial charge in [-0.2, -0.15) is 0 Å². The zero-order valence-corrected chi connectivity index (χ0v) is 13.7. The molecule has 1 aromatic rings. The molecule has 2 fully saturated rings. The molecule has 1 aromatic carbocycles. The summed E-state index contributed by atoms with van der Waals surface area (Å²) in [5, 5.41) is 0. The number of benzene rings is 1. The van der Waals surface area contributed by atoms with E-state index in [0.717, 1.165) is 43.6 Å². The van der Waals surface area contributed by atoms with Crippen molar-refractivity contribution in [2.45, 2.75) is 13.0 Å². The van der Waals surface area contributed by atoms with Crippen molar-refractivity contribution in [2.75, 3.05) is 39.4 Å². The Morgan fingerprint density at radius 1 is 1.19 bits per heavy atom. The molecule has 2 aliphatic rings. The van der Waals surface area contributed by atoms with Crippen LogP contribution in [0.25, 0.3) is 0 Å². The summed E-state index contributed by atoms with van der Waals surface area (Å²) in [4.78, 5) is 16.8. The molecule has 1 atom stereocenters. The average Bonchev–Trinajstić information content (AvgIpc) is 2.98. The van der Waals surface area contributed by atoms with Gasteiger partial charge in [0.25, 0.3) is 0 Å². The van der Waals surface area contributed by atoms with E-state index in [4.69, 9.17) is 4.74 Å². The normalized spacial score (nSPS) is 23.5. The second-order valence-corrected chi connectivity index (χ2v) is 6.70. The topological polar surface area (TPSA) is 32.8 Å². The van der Waals surface area contributed by atoms with Gasteiger partial charge in [-0.3, -0.25) is 9.69 Å². The molecule has 2 heterocycles. The molecule has 0 radical (unpaired) electrons. The number of likely N-dealkylation sites (tertiary alicyclic amines) is 1. The van der Waals surface area contributed by atoms with Gasteiger partial charge >= 0.3 is 0 Å². The summed E-state index contributed by atoms with van der Waals surface area (Å²) < 4.78 is 6.42. The van der Waals surface area contributed by atoms with Crippen LogP contribution >= 0.6 is 15.9 Å². The lowest BCUT2D eigenvalue weighted by molar-refractivity contribution is -0.139. The lowest BCUT2D eigenvalue weighted by Gasteiger charge is -2.29. The third-order valence-corrected chi connectivity index (χ3v) is 4.79. The van der Waals surface area contributed by atoms with Crippen LogP contribution in [-0.4, -0.2) is 55.1 Å². The Bertz CT molecular complexity index is 486. The number of carbonyl (C=O) groups excluding carboxylic acids is 1. The van der Waals surface area contributed by atoms with E-state index in [1.54, 1.807) is 0 Å². The van der Waals surface area contributed by atoms with Crippen LogP contribution in [-0.2, 0) is 16.1 Å². The number of nitrogens with zero attached hydrogens (tertiary/aromatic N) is 2. The molecule has 0 aliphatic carbocycles. The number of halogens is 1. The Labute approximate surface area is 134 Å². The van der Waals surface area contributed by atoms with E-state index in [0.29, 0.717) is 19.1 Å². The molecule has 0 aromatic heterocycles. The van der Waals surface area contributed by atoms with Crippen molar-refractivity contribution in [1.29, 1.82) is 0 Å². The first-order valence-electron chi connectivity index (χ1n) is 7.56. The fourth-order valence-electron chi connectivity index (χ4n) is 3.07. The number of ether oxygens (including phenoxy) is 1. The summed E-state index contributed by atoms with van der Waals surface area (Å²) >= 11 is 3.46. The first-order chi connectivity index (χ1) is 10.2. The van der Waals surface area contributed by atoms with Gasteiger partial charge < -0.3 is 9.64 Å². The van der Waals surface area contributed by atoms with Crippen molar-refractivity contribution in [1.82, 2.24) is 9.80 Å². The predicted molar refractivity (Wildman–Crippen MR) is 84.9 cm³/mol. The molecule has 0 bridgehead atoms. The number of morpholine rings is 1. The third-order valence-electron chi connectivity index (χ3n) is 4.26. The fourth-order valence-corrected chi connectivity index (χ4v) is 3.33. The summed E-state index contributed by atoms with van der Waals surface area (Å²) in [5.74, 6) is 0.482. The van der Waals surface area contributed by atoms with Crippen LogP contribution in [0.4, 0.5) is 0 Å². The van der Waals surface area contributed by atoms with Gasteiger partial charge in [0.2, 0.25) is 5.91 Å². The number of hydrogen-bond acceptors (Lipinski definition) is 3. The minimum absolute atomic E-state index is 0.165. The Kier molecular flexibility index (Phi) is 4.93. The SMILES string of the molecule is O=C(C1CCN(Cc2ccc(Br)cc2)C1)N1CCOCC1. The molecule has 2 aliphatic heterocycles. The van der Waals surface area contributed by atoms with Gasteiger partial charge in [0.15, 0.2) is 0 Å². The molecular weight excluding hydrogens is 332 g/mol. The highest BCUT2D eigenvalue weighted by Gasteiger charge is 2.31. The summed E-state index contributed by atoms with van der Waals surface area (Å²) in [6.45, 7) is 5.69. The van der Waals surface area contributed by atoms with E-state index >= 15 is 0 Å². The summed E-state index contributed by atoms with van der Waals surface area (Å²) in [6, 6.07) is 8.42. The van der Waals surface area contributed by atoms with Gasteiger partial charge in [0.1, 0.15) is 0 Å². The van der Waals surface area contributed by atoms with E-state index in [9.17, 15) is 4.79 Å². The highest BCUT2D eigenvalue weighted by Crippen LogP contribution is 2.22. The van der Waals surface area contributed by atoms with Gasteiger partial charge in [-0.25, -0.2) is 0 Å². The Morgan fingerprint density at radius 3 is 2.62 bits per heavy atom. The van der Waals surface area contributed by atoms with Gasteiger partial charge in [0.05, 0.1) is 19.1 Å². The van der Waals surface area contributed by atoms with E-state index in [2.05, 4.69) is 45.1 Å². The standard InChI is InChI=1S/C16H21BrN2O2/c17-15-3-1-13(2-4-15)11-18-6-5-14(12-18)16(20)19-7-9-21-10-8-19/h1-4,14H,5-12H2. The molecule has 114 valence electrons. The summed E-state index contributed by atoms with van der Waals surface area (Å²) in [5.41, 5.74) is 1.30. The smallest absolute Gasteiger partial charge is 0.227 e. The minimum atomic E-state index is 0.165. The number of amides is 1. The van der Waals surface area contributed by atoms with Gasteiger partial charge in [-0.15, -0.1) is 0 Å². The lowest BCUT2D eigenvalue weighted by atomic mass is 10.1. The molecule has 0 N–H and O–H groups in total. The van der Waals surface area contributed by atoms with Crippen molar-refractivity contribution in [2.24, 2.45) is 5.92 Å². The highest BCUT2D eigenvalue weighted by atomic mass is 79.9. The number of carbonyl (C=O) groups is 1. The number of hydrogen-bond donors (Lipinski definition) is 0. The van der Waals surface area contributed by atoms with Gasteiger partial charge in [-0.05, 0) is 30.7 Å². The molecule has 5 heteroatoms. The Morgan fingerprint density at radius 2 is 1.90 bits per heavy atom. The summed E-state index contributed by atoms with van der Waals surface area (Å²) in [7, 11) is 0. The average molecular weight is 353 g/mol. The Hall–Kier alpha value is -0.910. The van der Waals surface area contributed by atoms with E-state index in [1.165, 1.54) is 5.56 Å². The Balaban J connectivity index is 1.52. The maximum atomic E-state index is 12.5. The minimum Gasteiger partial charge on any atom is -0.378 e. The molecule has 4 nitrogen and oxygen atoms in total. The number of rotatable bonds is 3. The molecule has 0 saturated carbocycles. The second-order valence-electron chi connectivity index (χ2n) is 5.78. The van der Waals surface area contributed by atoms with Crippen molar-refractivity contribution in [3.8, 4) is 0 Å². The van der Waals surface area contributed by atoms with Crippen molar-refractivity contribution in [3.05, 3.63) is 34.3 Å². The maximum absolute atomic E-state index is 12.5. The van der Waals surface area contributed by atoms with Crippen LogP contribution in [0.5, 0.6) is 0 Å². The van der Waals surface area contributed by atoms with Crippen molar-refractivity contribution >= 4 is 21.8 Å². The lowest BCUT2D eigenvalue weighted by Crippen LogP contribution is -2.44. The molecule has 1 amide bonds. The second kappa shape index (κ2) is 6.90. The highest BCUT2D eigenvalue weighted by molar-refractivity contribution is 9.10. The van der Waals surface area contributed by atoms with Gasteiger partial charge in [-0.1, -0.05) is 28.1 Å². The molecule has 2 saturated heterocycles. The molecule has 1 unspecified atom stereocenters. The van der Waals surface area contributed by atoms with Crippen LogP contribution in [0.2, 0.25) is 0 Å². The first-order valence-corrected chi connectivity index (χ1v) is 8.35. The van der Waals surface area contributed by atoms with Crippen LogP contribution < -0.4 is 0 Å². The largest absolute Gasteiger partial charge is 0.378 e. The monoisotopic (exact) mass is 352 g/mol.